The highest BCUT2D eigenvalue weighted by atomic mass is 16.3. The van der Waals surface area contributed by atoms with Crippen molar-refractivity contribution in [2.75, 3.05) is 13.1 Å². The fourth-order valence-corrected chi connectivity index (χ4v) is 2.79. The van der Waals surface area contributed by atoms with Crippen molar-refractivity contribution in [3.63, 3.8) is 0 Å². The van der Waals surface area contributed by atoms with Crippen molar-refractivity contribution in [3.05, 3.63) is 36.0 Å². The van der Waals surface area contributed by atoms with Crippen LogP contribution in [0.3, 0.4) is 0 Å². The zero-order valence-electron chi connectivity index (χ0n) is 10.9. The van der Waals surface area contributed by atoms with Crippen molar-refractivity contribution >= 4 is 16.8 Å². The lowest BCUT2D eigenvalue weighted by atomic mass is 10.2. The number of aliphatic hydroxyl groups is 1. The Labute approximate surface area is 112 Å². The fourth-order valence-electron chi connectivity index (χ4n) is 2.79. The zero-order chi connectivity index (χ0) is 13.2. The third-order valence-corrected chi connectivity index (χ3v) is 3.81. The van der Waals surface area contributed by atoms with Crippen LogP contribution in [0.25, 0.3) is 10.9 Å². The van der Waals surface area contributed by atoms with Crippen LogP contribution in [0.4, 0.5) is 0 Å². The number of likely N-dealkylation sites (tertiary alicyclic amines) is 1. The molecule has 0 bridgehead atoms. The largest absolute Gasteiger partial charge is 0.392 e. The van der Waals surface area contributed by atoms with Crippen LogP contribution < -0.4 is 0 Å². The van der Waals surface area contributed by atoms with Gasteiger partial charge < -0.3 is 14.6 Å². The van der Waals surface area contributed by atoms with Gasteiger partial charge in [0.1, 0.15) is 6.54 Å². The van der Waals surface area contributed by atoms with E-state index in [1.54, 1.807) is 0 Å². The topological polar surface area (TPSA) is 45.5 Å². The van der Waals surface area contributed by atoms with Gasteiger partial charge in [-0.2, -0.15) is 0 Å². The number of aromatic nitrogens is 1. The summed E-state index contributed by atoms with van der Waals surface area (Å²) < 4.78 is 1.95. The first-order chi connectivity index (χ1) is 9.29. The number of amides is 1. The predicted octanol–water partition coefficient (Wildman–Crippen LogP) is 1.76. The number of carbonyl (C=O) groups excluding carboxylic acids is 1. The number of fused-ring (bicyclic) bond motifs is 1. The van der Waals surface area contributed by atoms with Crippen molar-refractivity contribution in [3.8, 4) is 0 Å². The van der Waals surface area contributed by atoms with Crippen LogP contribution in [0.5, 0.6) is 0 Å². The van der Waals surface area contributed by atoms with Gasteiger partial charge in [0.2, 0.25) is 5.91 Å². The van der Waals surface area contributed by atoms with Gasteiger partial charge in [0, 0.05) is 35.8 Å². The number of nitrogens with zero attached hydrogens (tertiary/aromatic N) is 2. The van der Waals surface area contributed by atoms with Crippen molar-refractivity contribution in [1.29, 1.82) is 0 Å². The zero-order valence-corrected chi connectivity index (χ0v) is 10.9. The quantitative estimate of drug-likeness (QED) is 0.911. The first-order valence-electron chi connectivity index (χ1n) is 6.75. The molecule has 0 unspecified atom stereocenters. The average Bonchev–Trinajstić information content (AvgIpc) is 3.07. The van der Waals surface area contributed by atoms with Crippen molar-refractivity contribution < 1.29 is 9.90 Å². The fraction of sp³-hybridized carbons (Fsp3) is 0.400. The van der Waals surface area contributed by atoms with Crippen LogP contribution in [0.1, 0.15) is 18.4 Å². The van der Waals surface area contributed by atoms with Gasteiger partial charge in [0.15, 0.2) is 0 Å². The van der Waals surface area contributed by atoms with E-state index in [0.717, 1.165) is 42.4 Å². The molecular formula is C15H18N2O2. The number of rotatable bonds is 3. The Bertz CT molecular complexity index is 597. The number of benzene rings is 1. The van der Waals surface area contributed by atoms with Gasteiger partial charge in [-0.05, 0) is 18.9 Å². The summed E-state index contributed by atoms with van der Waals surface area (Å²) in [6, 6.07) is 7.89. The summed E-state index contributed by atoms with van der Waals surface area (Å²) >= 11 is 0. The highest BCUT2D eigenvalue weighted by Gasteiger charge is 2.19. The normalized spacial score (nSPS) is 15.3. The Hall–Kier alpha value is -1.81. The Morgan fingerprint density at radius 3 is 2.68 bits per heavy atom. The predicted molar refractivity (Wildman–Crippen MR) is 73.7 cm³/mol. The van der Waals surface area contributed by atoms with Crippen molar-refractivity contribution in [1.82, 2.24) is 9.47 Å². The lowest BCUT2D eigenvalue weighted by Crippen LogP contribution is -2.30. The Balaban J connectivity index is 1.90. The van der Waals surface area contributed by atoms with Crippen LogP contribution in [-0.2, 0) is 17.9 Å². The molecule has 1 aromatic heterocycles. The molecule has 1 N–H and O–H groups in total. The van der Waals surface area contributed by atoms with E-state index in [-0.39, 0.29) is 12.5 Å². The van der Waals surface area contributed by atoms with E-state index in [1.165, 1.54) is 0 Å². The van der Waals surface area contributed by atoms with E-state index < -0.39 is 0 Å². The molecule has 1 aliphatic heterocycles. The summed E-state index contributed by atoms with van der Waals surface area (Å²) in [6.45, 7) is 2.13. The van der Waals surface area contributed by atoms with E-state index in [1.807, 2.05) is 39.9 Å². The summed E-state index contributed by atoms with van der Waals surface area (Å²) in [5.41, 5.74) is 1.89. The molecule has 0 saturated carbocycles. The van der Waals surface area contributed by atoms with Crippen molar-refractivity contribution in [2.45, 2.75) is 26.0 Å². The summed E-state index contributed by atoms with van der Waals surface area (Å²) in [7, 11) is 0. The van der Waals surface area contributed by atoms with E-state index in [0.29, 0.717) is 6.54 Å². The first-order valence-corrected chi connectivity index (χ1v) is 6.75. The maximum atomic E-state index is 12.2. The van der Waals surface area contributed by atoms with Crippen LogP contribution in [0, 0.1) is 0 Å². The maximum absolute atomic E-state index is 12.2. The lowest BCUT2D eigenvalue weighted by Gasteiger charge is -2.15. The molecule has 2 aromatic rings. The second-order valence-corrected chi connectivity index (χ2v) is 5.05. The molecule has 0 atom stereocenters. The molecule has 1 aromatic carbocycles. The van der Waals surface area contributed by atoms with Gasteiger partial charge in [-0.3, -0.25) is 4.79 Å². The maximum Gasteiger partial charge on any atom is 0.242 e. The third-order valence-electron chi connectivity index (χ3n) is 3.81. The summed E-state index contributed by atoms with van der Waals surface area (Å²) in [6.07, 6.45) is 4.11. The monoisotopic (exact) mass is 258 g/mol. The molecule has 0 aliphatic carbocycles. The summed E-state index contributed by atoms with van der Waals surface area (Å²) in [5.74, 6) is 0.169. The van der Waals surface area contributed by atoms with Crippen LogP contribution in [-0.4, -0.2) is 33.6 Å². The van der Waals surface area contributed by atoms with Gasteiger partial charge in [-0.25, -0.2) is 0 Å². The summed E-state index contributed by atoms with van der Waals surface area (Å²) in [4.78, 5) is 14.1. The minimum Gasteiger partial charge on any atom is -0.392 e. The molecule has 0 radical (unpaired) electrons. The van der Waals surface area contributed by atoms with Gasteiger partial charge in [-0.15, -0.1) is 0 Å². The molecule has 1 aliphatic rings. The minimum atomic E-state index is 0.00538. The molecule has 1 saturated heterocycles. The van der Waals surface area contributed by atoms with Crippen LogP contribution in [0.15, 0.2) is 30.5 Å². The molecule has 1 fully saturated rings. The smallest absolute Gasteiger partial charge is 0.242 e. The molecular weight excluding hydrogens is 240 g/mol. The third kappa shape index (κ3) is 2.24. The molecule has 4 nitrogen and oxygen atoms in total. The molecule has 3 rings (SSSR count). The van der Waals surface area contributed by atoms with Crippen LogP contribution in [0.2, 0.25) is 0 Å². The Morgan fingerprint density at radius 1 is 1.21 bits per heavy atom. The Morgan fingerprint density at radius 2 is 1.95 bits per heavy atom. The number of aliphatic hydroxyl groups excluding tert-OH is 1. The molecule has 2 heterocycles. The van der Waals surface area contributed by atoms with Crippen LogP contribution >= 0.6 is 0 Å². The molecule has 19 heavy (non-hydrogen) atoms. The minimum absolute atomic E-state index is 0.00538. The second kappa shape index (κ2) is 5.05. The number of hydrogen-bond donors (Lipinski definition) is 1. The Kier molecular flexibility index (Phi) is 3.25. The van der Waals surface area contributed by atoms with Gasteiger partial charge in [0.05, 0.1) is 6.61 Å². The van der Waals surface area contributed by atoms with Gasteiger partial charge in [0.25, 0.3) is 0 Å². The van der Waals surface area contributed by atoms with Gasteiger partial charge >= 0.3 is 0 Å². The van der Waals surface area contributed by atoms with E-state index >= 15 is 0 Å². The average molecular weight is 258 g/mol. The number of para-hydroxylation sites is 1. The second-order valence-electron chi connectivity index (χ2n) is 5.05. The van der Waals surface area contributed by atoms with E-state index in [9.17, 15) is 9.90 Å². The lowest BCUT2D eigenvalue weighted by molar-refractivity contribution is -0.130. The number of carbonyl (C=O) groups is 1. The van der Waals surface area contributed by atoms with E-state index in [4.69, 9.17) is 0 Å². The highest BCUT2D eigenvalue weighted by molar-refractivity contribution is 5.86. The number of hydrogen-bond acceptors (Lipinski definition) is 2. The first kappa shape index (κ1) is 12.2. The standard InChI is InChI=1S/C15H18N2O2/c18-11-12-9-17(14-6-2-1-5-13(12)14)10-15(19)16-7-3-4-8-16/h1-2,5-6,9,18H,3-4,7-8,10-11H2. The van der Waals surface area contributed by atoms with Crippen molar-refractivity contribution in [2.24, 2.45) is 0 Å². The molecule has 100 valence electrons. The summed E-state index contributed by atoms with van der Waals surface area (Å²) in [5, 5.41) is 10.4. The molecule has 0 spiro atoms. The SMILES string of the molecule is O=C(Cn1cc(CO)c2ccccc21)N1CCCC1. The van der Waals surface area contributed by atoms with E-state index in [2.05, 4.69) is 0 Å². The highest BCUT2D eigenvalue weighted by Crippen LogP contribution is 2.21. The van der Waals surface area contributed by atoms with Gasteiger partial charge in [-0.1, -0.05) is 18.2 Å². The molecule has 1 amide bonds. The molecule has 4 heteroatoms.